The number of fused-ring (bicyclic) bond motifs is 1. The average Bonchev–Trinajstić information content (AvgIpc) is 3.00. The summed E-state index contributed by atoms with van der Waals surface area (Å²) >= 11 is 0. The van der Waals surface area contributed by atoms with Gasteiger partial charge in [-0.05, 0) is 29.3 Å². The van der Waals surface area contributed by atoms with Gasteiger partial charge in [-0.2, -0.15) is 0 Å². The van der Waals surface area contributed by atoms with Gasteiger partial charge in [0.1, 0.15) is 5.75 Å². The van der Waals surface area contributed by atoms with Crippen molar-refractivity contribution in [2.45, 2.75) is 0 Å². The fourth-order valence-electron chi connectivity index (χ4n) is 3.18. The van der Waals surface area contributed by atoms with Gasteiger partial charge in [0.15, 0.2) is 0 Å². The minimum Gasteiger partial charge on any atom is -0.497 e. The molecular weight excluding hydrogens is 310 g/mol. The molecule has 1 aliphatic heterocycles. The zero-order valence-electron chi connectivity index (χ0n) is 13.8. The lowest BCUT2D eigenvalue weighted by molar-refractivity contribution is -0.110. The van der Waals surface area contributed by atoms with Crippen LogP contribution in [0.3, 0.4) is 0 Å². The largest absolute Gasteiger partial charge is 0.497 e. The number of para-hydroxylation sites is 1. The summed E-state index contributed by atoms with van der Waals surface area (Å²) in [7, 11) is 1.65. The summed E-state index contributed by atoms with van der Waals surface area (Å²) in [5.74, 6) is 0.716. The molecule has 1 aliphatic rings. The summed E-state index contributed by atoms with van der Waals surface area (Å²) in [6, 6.07) is 25.6. The number of anilines is 1. The van der Waals surface area contributed by atoms with Crippen LogP contribution in [0.15, 0.2) is 78.9 Å². The Bertz CT molecular complexity index is 957. The van der Waals surface area contributed by atoms with Crippen LogP contribution in [0.25, 0.3) is 11.1 Å². The van der Waals surface area contributed by atoms with Crippen LogP contribution in [0.4, 0.5) is 5.69 Å². The third-order valence-electron chi connectivity index (χ3n) is 4.36. The summed E-state index contributed by atoms with van der Waals surface area (Å²) < 4.78 is 5.26. The van der Waals surface area contributed by atoms with E-state index in [1.54, 1.807) is 7.11 Å². The fourth-order valence-corrected chi connectivity index (χ4v) is 3.18. The van der Waals surface area contributed by atoms with Gasteiger partial charge in [-0.1, -0.05) is 60.7 Å². The second-order valence-electron chi connectivity index (χ2n) is 5.84. The molecule has 0 aliphatic carbocycles. The van der Waals surface area contributed by atoms with Gasteiger partial charge in [0.05, 0.1) is 12.7 Å². The summed E-state index contributed by atoms with van der Waals surface area (Å²) in [6.45, 7) is 0. The number of benzene rings is 3. The molecule has 1 N–H and O–H groups in total. The van der Waals surface area contributed by atoms with Crippen LogP contribution in [-0.4, -0.2) is 13.0 Å². The van der Waals surface area contributed by atoms with Gasteiger partial charge in [0, 0.05) is 16.8 Å². The molecule has 0 radical (unpaired) electrons. The Kier molecular flexibility index (Phi) is 3.82. The standard InChI is InChI=1S/C22H17NO2/c1-25-17-13-11-16(12-14-17)20(15-7-3-2-4-8-15)21-18-9-5-6-10-19(18)23-22(21)24/h2-14H,1H3,(H,23,24)/b21-20+. The molecule has 25 heavy (non-hydrogen) atoms. The minimum absolute atomic E-state index is 0.0733. The Morgan fingerprint density at radius 2 is 1.44 bits per heavy atom. The van der Waals surface area contributed by atoms with E-state index in [1.807, 2.05) is 78.9 Å². The fraction of sp³-hybridized carbons (Fsp3) is 0.0455. The lowest BCUT2D eigenvalue weighted by Gasteiger charge is -2.13. The lowest BCUT2D eigenvalue weighted by Crippen LogP contribution is -2.06. The Morgan fingerprint density at radius 1 is 0.800 bits per heavy atom. The van der Waals surface area contributed by atoms with E-state index < -0.39 is 0 Å². The SMILES string of the molecule is COc1ccc(/C(=C2/C(=O)Nc3ccccc32)c2ccccc2)cc1. The molecule has 0 fully saturated rings. The van der Waals surface area contributed by atoms with Crippen molar-refractivity contribution in [3.63, 3.8) is 0 Å². The highest BCUT2D eigenvalue weighted by Gasteiger charge is 2.28. The van der Waals surface area contributed by atoms with Crippen molar-refractivity contribution in [3.8, 4) is 5.75 Å². The van der Waals surface area contributed by atoms with Crippen LogP contribution in [0.5, 0.6) is 5.75 Å². The van der Waals surface area contributed by atoms with E-state index in [0.717, 1.165) is 33.7 Å². The number of carbonyl (C=O) groups is 1. The van der Waals surface area contributed by atoms with Crippen LogP contribution < -0.4 is 10.1 Å². The molecule has 3 aromatic carbocycles. The quantitative estimate of drug-likeness (QED) is 0.714. The summed E-state index contributed by atoms with van der Waals surface area (Å²) in [5, 5.41) is 2.97. The highest BCUT2D eigenvalue weighted by atomic mass is 16.5. The highest BCUT2D eigenvalue weighted by Crippen LogP contribution is 2.39. The molecule has 0 saturated heterocycles. The normalized spacial score (nSPS) is 14.7. The number of hydrogen-bond donors (Lipinski definition) is 1. The van der Waals surface area contributed by atoms with E-state index in [1.165, 1.54) is 0 Å². The van der Waals surface area contributed by atoms with Gasteiger partial charge in [-0.3, -0.25) is 4.79 Å². The molecule has 0 bridgehead atoms. The van der Waals surface area contributed by atoms with Crippen molar-refractivity contribution in [1.82, 2.24) is 0 Å². The number of carbonyl (C=O) groups excluding carboxylic acids is 1. The molecule has 4 rings (SSSR count). The third kappa shape index (κ3) is 2.70. The van der Waals surface area contributed by atoms with Crippen LogP contribution >= 0.6 is 0 Å². The van der Waals surface area contributed by atoms with Gasteiger partial charge in [-0.25, -0.2) is 0 Å². The lowest BCUT2D eigenvalue weighted by atomic mass is 9.90. The maximum Gasteiger partial charge on any atom is 0.257 e. The molecule has 0 aromatic heterocycles. The second kappa shape index (κ2) is 6.29. The first kappa shape index (κ1) is 15.2. The van der Waals surface area contributed by atoms with Crippen molar-refractivity contribution >= 4 is 22.7 Å². The predicted molar refractivity (Wildman–Crippen MR) is 100 cm³/mol. The highest BCUT2D eigenvalue weighted by molar-refractivity contribution is 6.38. The van der Waals surface area contributed by atoms with E-state index in [9.17, 15) is 4.79 Å². The number of rotatable bonds is 3. The van der Waals surface area contributed by atoms with E-state index in [4.69, 9.17) is 4.74 Å². The summed E-state index contributed by atoms with van der Waals surface area (Å²) in [6.07, 6.45) is 0. The Morgan fingerprint density at radius 3 is 2.16 bits per heavy atom. The molecular formula is C22H17NO2. The zero-order valence-corrected chi connectivity index (χ0v) is 13.8. The number of hydrogen-bond acceptors (Lipinski definition) is 2. The minimum atomic E-state index is -0.0733. The number of nitrogens with one attached hydrogen (secondary N) is 1. The molecule has 3 nitrogen and oxygen atoms in total. The Hall–Kier alpha value is -3.33. The van der Waals surface area contributed by atoms with E-state index in [0.29, 0.717) is 5.57 Å². The summed E-state index contributed by atoms with van der Waals surface area (Å²) in [4.78, 5) is 12.7. The zero-order chi connectivity index (χ0) is 17.2. The van der Waals surface area contributed by atoms with Crippen LogP contribution in [0.2, 0.25) is 0 Å². The van der Waals surface area contributed by atoms with Crippen LogP contribution in [-0.2, 0) is 4.79 Å². The predicted octanol–water partition coefficient (Wildman–Crippen LogP) is 4.61. The first-order valence-electron chi connectivity index (χ1n) is 8.13. The second-order valence-corrected chi connectivity index (χ2v) is 5.84. The van der Waals surface area contributed by atoms with Gasteiger partial charge >= 0.3 is 0 Å². The van der Waals surface area contributed by atoms with E-state index in [2.05, 4.69) is 5.32 Å². The van der Waals surface area contributed by atoms with Gasteiger partial charge in [0.25, 0.3) is 5.91 Å². The number of amides is 1. The number of methoxy groups -OCH3 is 1. The first-order chi connectivity index (χ1) is 12.3. The van der Waals surface area contributed by atoms with Crippen molar-refractivity contribution in [3.05, 3.63) is 95.6 Å². The number of ether oxygens (including phenoxy) is 1. The van der Waals surface area contributed by atoms with Gasteiger partial charge in [-0.15, -0.1) is 0 Å². The van der Waals surface area contributed by atoms with Crippen molar-refractivity contribution in [2.24, 2.45) is 0 Å². The smallest absolute Gasteiger partial charge is 0.257 e. The third-order valence-corrected chi connectivity index (χ3v) is 4.36. The molecule has 1 amide bonds. The van der Waals surface area contributed by atoms with Crippen molar-refractivity contribution in [1.29, 1.82) is 0 Å². The molecule has 0 saturated carbocycles. The first-order valence-corrected chi connectivity index (χ1v) is 8.13. The van der Waals surface area contributed by atoms with Crippen molar-refractivity contribution in [2.75, 3.05) is 12.4 Å². The van der Waals surface area contributed by atoms with Gasteiger partial charge < -0.3 is 10.1 Å². The molecule has 0 atom stereocenters. The summed E-state index contributed by atoms with van der Waals surface area (Å²) in [5.41, 5.74) is 5.40. The van der Waals surface area contributed by atoms with Crippen LogP contribution in [0.1, 0.15) is 16.7 Å². The molecule has 3 aromatic rings. The average molecular weight is 327 g/mol. The molecule has 0 spiro atoms. The molecule has 1 heterocycles. The monoisotopic (exact) mass is 327 g/mol. The maximum atomic E-state index is 12.7. The van der Waals surface area contributed by atoms with Gasteiger partial charge in [0.2, 0.25) is 0 Å². The van der Waals surface area contributed by atoms with E-state index in [-0.39, 0.29) is 5.91 Å². The topological polar surface area (TPSA) is 38.3 Å². The Balaban J connectivity index is 1.99. The van der Waals surface area contributed by atoms with Crippen molar-refractivity contribution < 1.29 is 9.53 Å². The maximum absolute atomic E-state index is 12.7. The molecule has 122 valence electrons. The Labute approximate surface area is 146 Å². The molecule has 0 unspecified atom stereocenters. The molecule has 3 heteroatoms. The van der Waals surface area contributed by atoms with E-state index >= 15 is 0 Å². The van der Waals surface area contributed by atoms with Crippen LogP contribution in [0, 0.1) is 0 Å².